The maximum atomic E-state index is 6.47. The van der Waals surface area contributed by atoms with Crippen LogP contribution in [0.1, 0.15) is 40.9 Å². The van der Waals surface area contributed by atoms with Gasteiger partial charge in [-0.25, -0.2) is 5.01 Å². The van der Waals surface area contributed by atoms with Crippen molar-refractivity contribution in [2.45, 2.75) is 25.3 Å². The van der Waals surface area contributed by atoms with Crippen LogP contribution in [0.4, 0.5) is 0 Å². The summed E-state index contributed by atoms with van der Waals surface area (Å²) in [5.41, 5.74) is 5.59. The van der Waals surface area contributed by atoms with Crippen LogP contribution in [0.2, 0.25) is 0 Å². The van der Waals surface area contributed by atoms with Gasteiger partial charge in [-0.15, -0.1) is 0 Å². The third-order valence-electron chi connectivity index (χ3n) is 6.29. The van der Waals surface area contributed by atoms with Crippen molar-refractivity contribution in [3.8, 4) is 11.5 Å². The number of halogens is 1. The quantitative estimate of drug-likeness (QED) is 0.283. The molecule has 0 saturated carbocycles. The van der Waals surface area contributed by atoms with Crippen LogP contribution < -0.4 is 9.47 Å². The highest BCUT2D eigenvalue weighted by atomic mass is 79.9. The van der Waals surface area contributed by atoms with E-state index in [1.165, 1.54) is 5.56 Å². The van der Waals surface area contributed by atoms with E-state index in [1.807, 2.05) is 36.4 Å². The maximum Gasteiger partial charge on any atom is 0.213 e. The number of rotatable bonds is 5. The minimum atomic E-state index is -0.295. The first kappa shape index (κ1) is 21.0. The van der Waals surface area contributed by atoms with Gasteiger partial charge in [0.15, 0.2) is 0 Å². The van der Waals surface area contributed by atoms with Gasteiger partial charge in [0.1, 0.15) is 18.1 Å². The second-order valence-corrected chi connectivity index (χ2v) is 9.42. The fourth-order valence-corrected chi connectivity index (χ4v) is 4.80. The molecule has 0 aliphatic carbocycles. The summed E-state index contributed by atoms with van der Waals surface area (Å²) in [5.74, 6) is 1.76. The van der Waals surface area contributed by atoms with Crippen LogP contribution in [-0.4, -0.2) is 10.7 Å². The largest absolute Gasteiger partial charge is 0.489 e. The number of hydrogen-bond acceptors (Lipinski definition) is 4. The zero-order valence-corrected chi connectivity index (χ0v) is 20.1. The Bertz CT molecular complexity index is 1320. The van der Waals surface area contributed by atoms with Gasteiger partial charge in [0, 0.05) is 22.0 Å². The Morgan fingerprint density at radius 1 is 0.853 bits per heavy atom. The Morgan fingerprint density at radius 2 is 1.59 bits per heavy atom. The highest BCUT2D eigenvalue weighted by Crippen LogP contribution is 2.47. The van der Waals surface area contributed by atoms with Gasteiger partial charge in [-0.05, 0) is 53.6 Å². The summed E-state index contributed by atoms with van der Waals surface area (Å²) in [5, 5.41) is 7.15. The van der Waals surface area contributed by atoms with Gasteiger partial charge in [0.25, 0.3) is 0 Å². The predicted molar refractivity (Wildman–Crippen MR) is 137 cm³/mol. The van der Waals surface area contributed by atoms with E-state index >= 15 is 0 Å². The number of nitrogens with zero attached hydrogens (tertiary/aromatic N) is 2. The summed E-state index contributed by atoms with van der Waals surface area (Å²) in [4.78, 5) is 0. The van der Waals surface area contributed by atoms with Crippen molar-refractivity contribution in [2.24, 2.45) is 5.10 Å². The zero-order chi connectivity index (χ0) is 22.9. The van der Waals surface area contributed by atoms with Gasteiger partial charge in [-0.3, -0.25) is 0 Å². The molecule has 0 fully saturated rings. The SMILES string of the molecule is Brc1ccc(C2=NN3C(C2)c2ccccc2OC3c2ccc(OCc3ccccc3)cc2)cc1. The second kappa shape index (κ2) is 8.99. The zero-order valence-electron chi connectivity index (χ0n) is 18.5. The lowest BCUT2D eigenvalue weighted by atomic mass is 9.96. The second-order valence-electron chi connectivity index (χ2n) is 8.50. The minimum absolute atomic E-state index is 0.141. The molecule has 4 aromatic carbocycles. The summed E-state index contributed by atoms with van der Waals surface area (Å²) in [6.07, 6.45) is 0.549. The van der Waals surface area contributed by atoms with Crippen molar-refractivity contribution in [2.75, 3.05) is 0 Å². The van der Waals surface area contributed by atoms with Crippen LogP contribution in [0.5, 0.6) is 11.5 Å². The molecule has 2 atom stereocenters. The van der Waals surface area contributed by atoms with E-state index in [9.17, 15) is 0 Å². The van der Waals surface area contributed by atoms with Gasteiger partial charge in [-0.1, -0.05) is 76.6 Å². The molecule has 2 heterocycles. The average molecular weight is 511 g/mol. The van der Waals surface area contributed by atoms with Crippen molar-refractivity contribution in [3.05, 3.63) is 130 Å². The highest BCUT2D eigenvalue weighted by molar-refractivity contribution is 9.10. The molecular weight excluding hydrogens is 488 g/mol. The number of hydrogen-bond donors (Lipinski definition) is 0. The molecule has 5 heteroatoms. The molecule has 4 aromatic rings. The monoisotopic (exact) mass is 510 g/mol. The summed E-state index contributed by atoms with van der Waals surface area (Å²) in [6.45, 7) is 0.544. The van der Waals surface area contributed by atoms with Gasteiger partial charge < -0.3 is 9.47 Å². The number of benzene rings is 4. The van der Waals surface area contributed by atoms with E-state index < -0.39 is 0 Å². The molecule has 0 spiro atoms. The molecule has 2 unspecified atom stereocenters. The Morgan fingerprint density at radius 3 is 2.38 bits per heavy atom. The van der Waals surface area contributed by atoms with E-state index in [1.54, 1.807) is 0 Å². The summed E-state index contributed by atoms with van der Waals surface area (Å²) in [7, 11) is 0. The van der Waals surface area contributed by atoms with E-state index in [0.29, 0.717) is 6.61 Å². The molecular formula is C29H23BrN2O2. The molecule has 6 rings (SSSR count). The minimum Gasteiger partial charge on any atom is -0.489 e. The third-order valence-corrected chi connectivity index (χ3v) is 6.82. The molecule has 34 heavy (non-hydrogen) atoms. The average Bonchev–Trinajstić information content (AvgIpc) is 3.34. The first-order chi connectivity index (χ1) is 16.7. The number of hydrazone groups is 1. The van der Waals surface area contributed by atoms with Crippen LogP contribution >= 0.6 is 15.9 Å². The van der Waals surface area contributed by atoms with Crippen molar-refractivity contribution in [3.63, 3.8) is 0 Å². The molecule has 4 nitrogen and oxygen atoms in total. The van der Waals surface area contributed by atoms with Gasteiger partial charge in [0.2, 0.25) is 6.23 Å². The number of para-hydroxylation sites is 1. The van der Waals surface area contributed by atoms with Crippen LogP contribution in [0.15, 0.2) is 113 Å². The van der Waals surface area contributed by atoms with Crippen molar-refractivity contribution in [1.82, 2.24) is 5.01 Å². The Kier molecular flexibility index (Phi) is 5.55. The van der Waals surface area contributed by atoms with E-state index in [0.717, 1.165) is 44.8 Å². The molecule has 0 radical (unpaired) electrons. The van der Waals surface area contributed by atoms with E-state index in [4.69, 9.17) is 14.6 Å². The predicted octanol–water partition coefficient (Wildman–Crippen LogP) is 7.27. The fraction of sp³-hybridized carbons (Fsp3) is 0.138. The van der Waals surface area contributed by atoms with Crippen molar-refractivity contribution >= 4 is 21.6 Å². The summed E-state index contributed by atoms with van der Waals surface area (Å²) >= 11 is 3.53. The molecule has 0 amide bonds. The number of fused-ring (bicyclic) bond motifs is 3. The first-order valence-corrected chi connectivity index (χ1v) is 12.2. The Hall–Kier alpha value is -3.57. The molecule has 0 N–H and O–H groups in total. The number of ether oxygens (including phenoxy) is 2. The lowest BCUT2D eigenvalue weighted by molar-refractivity contribution is -0.0190. The molecule has 0 aromatic heterocycles. The normalized spacial score (nSPS) is 18.5. The lowest BCUT2D eigenvalue weighted by Gasteiger charge is -2.38. The molecule has 0 bridgehead atoms. The topological polar surface area (TPSA) is 34.1 Å². The molecule has 2 aliphatic rings. The lowest BCUT2D eigenvalue weighted by Crippen LogP contribution is -2.33. The fourth-order valence-electron chi connectivity index (χ4n) is 4.54. The van der Waals surface area contributed by atoms with Gasteiger partial charge >= 0.3 is 0 Å². The van der Waals surface area contributed by atoms with E-state index in [-0.39, 0.29) is 12.3 Å². The van der Waals surface area contributed by atoms with Crippen molar-refractivity contribution < 1.29 is 9.47 Å². The first-order valence-electron chi connectivity index (χ1n) is 11.4. The van der Waals surface area contributed by atoms with E-state index in [2.05, 4.69) is 87.7 Å². The highest BCUT2D eigenvalue weighted by Gasteiger charge is 2.40. The van der Waals surface area contributed by atoms with Crippen LogP contribution in [0, 0.1) is 0 Å². The Balaban J connectivity index is 1.28. The summed E-state index contributed by atoms with van der Waals surface area (Å²) in [6, 6.07) is 35.1. The smallest absolute Gasteiger partial charge is 0.213 e. The molecule has 0 saturated heterocycles. The standard InChI is InChI=1S/C29H23BrN2O2/c30-23-14-10-21(11-15-23)26-18-27-25-8-4-5-9-28(25)34-29(32(27)31-26)22-12-16-24(17-13-22)33-19-20-6-2-1-3-7-20/h1-17,27,29H,18-19H2. The third kappa shape index (κ3) is 4.08. The van der Waals surface area contributed by atoms with Crippen LogP contribution in [0.3, 0.4) is 0 Å². The van der Waals surface area contributed by atoms with Gasteiger partial charge in [0.05, 0.1) is 11.8 Å². The van der Waals surface area contributed by atoms with Crippen LogP contribution in [0.25, 0.3) is 0 Å². The molecule has 2 aliphatic heterocycles. The van der Waals surface area contributed by atoms with Gasteiger partial charge in [-0.2, -0.15) is 5.10 Å². The maximum absolute atomic E-state index is 6.47. The molecule has 168 valence electrons. The summed E-state index contributed by atoms with van der Waals surface area (Å²) < 4.78 is 13.5. The Labute approximate surface area is 207 Å². The van der Waals surface area contributed by atoms with Crippen LogP contribution in [-0.2, 0) is 6.61 Å². The van der Waals surface area contributed by atoms with Crippen molar-refractivity contribution in [1.29, 1.82) is 0 Å².